The summed E-state index contributed by atoms with van der Waals surface area (Å²) < 4.78 is 10.8. The summed E-state index contributed by atoms with van der Waals surface area (Å²) in [5, 5.41) is 11.6. The van der Waals surface area contributed by atoms with Crippen LogP contribution in [0.1, 0.15) is 27.0 Å². The first-order valence-electron chi connectivity index (χ1n) is 7.89. The van der Waals surface area contributed by atoms with Crippen molar-refractivity contribution in [3.8, 4) is 5.75 Å². The van der Waals surface area contributed by atoms with Gasteiger partial charge >= 0.3 is 12.1 Å². The van der Waals surface area contributed by atoms with Crippen molar-refractivity contribution in [2.24, 2.45) is 0 Å². The Kier molecular flexibility index (Phi) is 6.39. The van der Waals surface area contributed by atoms with Gasteiger partial charge in [-0.15, -0.1) is 0 Å². The Balaban J connectivity index is 1.75. The number of alkyl carbamates (subject to hydrolysis) is 1. The predicted octanol–water partition coefficient (Wildman–Crippen LogP) is 3.31. The van der Waals surface area contributed by atoms with Crippen molar-refractivity contribution in [1.29, 1.82) is 0 Å². The number of rotatable bonds is 7. The first-order valence-corrected chi connectivity index (χ1v) is 7.89. The van der Waals surface area contributed by atoms with Crippen LogP contribution < -0.4 is 10.1 Å². The maximum Gasteiger partial charge on any atom is 0.407 e. The van der Waals surface area contributed by atoms with Gasteiger partial charge in [0.1, 0.15) is 19.0 Å². The smallest absolute Gasteiger partial charge is 0.407 e. The number of benzene rings is 2. The van der Waals surface area contributed by atoms with Crippen molar-refractivity contribution < 1.29 is 24.2 Å². The van der Waals surface area contributed by atoms with Crippen LogP contribution in [0.2, 0.25) is 0 Å². The van der Waals surface area contributed by atoms with Crippen molar-refractivity contribution in [2.75, 3.05) is 13.2 Å². The average Bonchev–Trinajstić information content (AvgIpc) is 2.59. The fourth-order valence-corrected chi connectivity index (χ4v) is 2.38. The summed E-state index contributed by atoms with van der Waals surface area (Å²) in [4.78, 5) is 22.6. The lowest BCUT2D eigenvalue weighted by atomic mass is 10.1. The van der Waals surface area contributed by atoms with Crippen molar-refractivity contribution in [3.05, 3.63) is 64.7 Å². The maximum atomic E-state index is 11.6. The third-order valence-corrected chi connectivity index (χ3v) is 3.54. The van der Waals surface area contributed by atoms with Gasteiger partial charge in [0, 0.05) is 0 Å². The molecule has 0 saturated heterocycles. The van der Waals surface area contributed by atoms with Crippen LogP contribution in [0.15, 0.2) is 42.5 Å². The molecule has 0 unspecified atom stereocenters. The van der Waals surface area contributed by atoms with Crippen molar-refractivity contribution >= 4 is 12.1 Å². The molecule has 2 N–H and O–H groups in total. The van der Waals surface area contributed by atoms with Crippen LogP contribution in [-0.4, -0.2) is 30.3 Å². The molecule has 6 nitrogen and oxygen atoms in total. The van der Waals surface area contributed by atoms with Crippen LogP contribution in [-0.2, 0) is 11.3 Å². The van der Waals surface area contributed by atoms with E-state index in [1.54, 1.807) is 26.0 Å². The van der Waals surface area contributed by atoms with Gasteiger partial charge in [0.15, 0.2) is 0 Å². The Morgan fingerprint density at radius 1 is 1.08 bits per heavy atom. The van der Waals surface area contributed by atoms with Crippen LogP contribution in [0.3, 0.4) is 0 Å². The molecule has 0 aliphatic heterocycles. The number of carboxylic acid groups (broad SMARTS) is 1. The number of aromatic carboxylic acids is 1. The predicted molar refractivity (Wildman–Crippen MR) is 93.0 cm³/mol. The standard InChI is InChI=1S/C19H21NO5/c1-13-10-16(18(21)22)11-14(2)17(13)24-9-8-20-19(23)25-12-15-6-4-3-5-7-15/h3-7,10-11H,8-9,12H2,1-2H3,(H,20,23)(H,21,22). The van der Waals surface area contributed by atoms with Crippen molar-refractivity contribution in [2.45, 2.75) is 20.5 Å². The van der Waals surface area contributed by atoms with Crippen LogP contribution in [0.5, 0.6) is 5.75 Å². The van der Waals surface area contributed by atoms with Gasteiger partial charge in [-0.25, -0.2) is 9.59 Å². The minimum Gasteiger partial charge on any atom is -0.491 e. The van der Waals surface area contributed by atoms with E-state index in [0.29, 0.717) is 5.75 Å². The lowest BCUT2D eigenvalue weighted by Crippen LogP contribution is -2.28. The quantitative estimate of drug-likeness (QED) is 0.754. The molecular weight excluding hydrogens is 322 g/mol. The Hall–Kier alpha value is -3.02. The van der Waals surface area contributed by atoms with Gasteiger partial charge in [0.2, 0.25) is 0 Å². The second kappa shape index (κ2) is 8.73. The topological polar surface area (TPSA) is 84.9 Å². The largest absolute Gasteiger partial charge is 0.491 e. The molecular formula is C19H21NO5. The minimum atomic E-state index is -0.972. The van der Waals surface area contributed by atoms with Gasteiger partial charge in [-0.1, -0.05) is 30.3 Å². The van der Waals surface area contributed by atoms with Crippen LogP contribution in [0.4, 0.5) is 4.79 Å². The summed E-state index contributed by atoms with van der Waals surface area (Å²) >= 11 is 0. The van der Waals surface area contributed by atoms with Gasteiger partial charge in [0.25, 0.3) is 0 Å². The van der Waals surface area contributed by atoms with E-state index >= 15 is 0 Å². The van der Waals surface area contributed by atoms with Gasteiger partial charge in [0.05, 0.1) is 12.1 Å². The zero-order chi connectivity index (χ0) is 18.2. The van der Waals surface area contributed by atoms with Crippen molar-refractivity contribution in [3.63, 3.8) is 0 Å². The molecule has 0 bridgehead atoms. The molecule has 0 spiro atoms. The molecule has 0 aliphatic carbocycles. The molecule has 0 heterocycles. The molecule has 0 radical (unpaired) electrons. The van der Waals surface area contributed by atoms with Gasteiger partial charge in [-0.2, -0.15) is 0 Å². The Morgan fingerprint density at radius 3 is 2.32 bits per heavy atom. The lowest BCUT2D eigenvalue weighted by Gasteiger charge is -2.13. The van der Waals surface area contributed by atoms with Gasteiger partial charge < -0.3 is 19.9 Å². The number of ether oxygens (including phenoxy) is 2. The van der Waals surface area contributed by atoms with E-state index in [-0.39, 0.29) is 25.3 Å². The van der Waals surface area contributed by atoms with E-state index in [1.165, 1.54) is 0 Å². The minimum absolute atomic E-state index is 0.211. The fraction of sp³-hybridized carbons (Fsp3) is 0.263. The third-order valence-electron chi connectivity index (χ3n) is 3.54. The van der Waals surface area contributed by atoms with Gasteiger partial charge in [-0.3, -0.25) is 0 Å². The van der Waals surface area contributed by atoms with E-state index in [0.717, 1.165) is 16.7 Å². The Morgan fingerprint density at radius 2 is 1.72 bits per heavy atom. The molecule has 2 aromatic rings. The Bertz CT molecular complexity index is 720. The number of hydrogen-bond acceptors (Lipinski definition) is 4. The number of amides is 1. The molecule has 132 valence electrons. The first kappa shape index (κ1) is 18.3. The number of nitrogens with one attached hydrogen (secondary N) is 1. The summed E-state index contributed by atoms with van der Waals surface area (Å²) in [5.41, 5.74) is 2.62. The molecule has 0 atom stereocenters. The molecule has 0 aliphatic rings. The fourth-order valence-electron chi connectivity index (χ4n) is 2.38. The normalized spacial score (nSPS) is 10.2. The van der Waals surface area contributed by atoms with E-state index < -0.39 is 12.1 Å². The van der Waals surface area contributed by atoms with Crippen LogP contribution in [0.25, 0.3) is 0 Å². The maximum absolute atomic E-state index is 11.6. The first-order chi connectivity index (χ1) is 12.0. The average molecular weight is 343 g/mol. The van der Waals surface area contributed by atoms with E-state index in [9.17, 15) is 9.59 Å². The highest BCUT2D eigenvalue weighted by molar-refractivity contribution is 5.88. The molecule has 0 saturated carbocycles. The second-order valence-electron chi connectivity index (χ2n) is 5.58. The third kappa shape index (κ3) is 5.53. The zero-order valence-corrected chi connectivity index (χ0v) is 14.2. The molecule has 6 heteroatoms. The van der Waals surface area contributed by atoms with Crippen molar-refractivity contribution in [1.82, 2.24) is 5.32 Å². The Labute approximate surface area is 146 Å². The van der Waals surface area contributed by atoms with E-state index in [2.05, 4.69) is 5.32 Å². The summed E-state index contributed by atoms with van der Waals surface area (Å²) in [5.74, 6) is -0.343. The number of carboxylic acids is 1. The highest BCUT2D eigenvalue weighted by atomic mass is 16.5. The summed E-state index contributed by atoms with van der Waals surface area (Å²) in [6.07, 6.45) is -0.512. The summed E-state index contributed by atoms with van der Waals surface area (Å²) in [7, 11) is 0. The number of aryl methyl sites for hydroxylation is 2. The molecule has 2 rings (SSSR count). The molecule has 25 heavy (non-hydrogen) atoms. The summed E-state index contributed by atoms with van der Waals surface area (Å²) in [6, 6.07) is 12.5. The summed E-state index contributed by atoms with van der Waals surface area (Å²) in [6.45, 7) is 4.33. The second-order valence-corrected chi connectivity index (χ2v) is 5.58. The van der Waals surface area contributed by atoms with E-state index in [4.69, 9.17) is 14.6 Å². The molecule has 2 aromatic carbocycles. The molecule has 1 amide bonds. The zero-order valence-electron chi connectivity index (χ0n) is 14.2. The molecule has 0 aromatic heterocycles. The highest BCUT2D eigenvalue weighted by Crippen LogP contribution is 2.24. The van der Waals surface area contributed by atoms with Gasteiger partial charge in [-0.05, 0) is 42.7 Å². The SMILES string of the molecule is Cc1cc(C(=O)O)cc(C)c1OCCNC(=O)OCc1ccccc1. The van der Waals surface area contributed by atoms with Crippen LogP contribution in [0, 0.1) is 13.8 Å². The number of carbonyl (C=O) groups is 2. The van der Waals surface area contributed by atoms with Crippen LogP contribution >= 0.6 is 0 Å². The lowest BCUT2D eigenvalue weighted by molar-refractivity contribution is 0.0696. The van der Waals surface area contributed by atoms with E-state index in [1.807, 2.05) is 30.3 Å². The number of carbonyl (C=O) groups excluding carboxylic acids is 1. The number of hydrogen-bond donors (Lipinski definition) is 2. The highest BCUT2D eigenvalue weighted by Gasteiger charge is 2.11. The monoisotopic (exact) mass is 343 g/mol. The molecule has 0 fully saturated rings.